The van der Waals surface area contributed by atoms with Gasteiger partial charge < -0.3 is 15.2 Å². The molecule has 1 aromatic carbocycles. The summed E-state index contributed by atoms with van der Waals surface area (Å²) < 4.78 is 37.3. The molecule has 0 saturated heterocycles. The van der Waals surface area contributed by atoms with E-state index in [9.17, 15) is 8.42 Å². The van der Waals surface area contributed by atoms with E-state index in [2.05, 4.69) is 0 Å². The van der Waals surface area contributed by atoms with Gasteiger partial charge in [0.2, 0.25) is 10.0 Å². The molecule has 0 bridgehead atoms. The Kier molecular flexibility index (Phi) is 4.87. The Balaban J connectivity index is 2.50. The summed E-state index contributed by atoms with van der Waals surface area (Å²) in [7, 11) is -0.590. The van der Waals surface area contributed by atoms with Gasteiger partial charge in [-0.15, -0.1) is 0 Å². The number of benzene rings is 1. The molecule has 21 heavy (non-hydrogen) atoms. The van der Waals surface area contributed by atoms with Gasteiger partial charge in [0.05, 0.1) is 19.1 Å². The van der Waals surface area contributed by atoms with Crippen LogP contribution in [0.2, 0.25) is 0 Å². The molecule has 0 atom stereocenters. The van der Waals surface area contributed by atoms with Crippen LogP contribution in [0.1, 0.15) is 12.0 Å². The SMILES string of the molecule is COc1cc(S(=O)(=O)N2CC=CCC2)cc(CN)c1OC. The van der Waals surface area contributed by atoms with Crippen molar-refractivity contribution in [3.63, 3.8) is 0 Å². The van der Waals surface area contributed by atoms with Crippen molar-refractivity contribution in [2.75, 3.05) is 27.3 Å². The molecule has 1 aliphatic rings. The average molecular weight is 312 g/mol. The average Bonchev–Trinajstić information content (AvgIpc) is 2.54. The maximum absolute atomic E-state index is 12.7. The van der Waals surface area contributed by atoms with Crippen molar-refractivity contribution >= 4 is 10.0 Å². The van der Waals surface area contributed by atoms with Gasteiger partial charge in [0, 0.05) is 31.3 Å². The van der Waals surface area contributed by atoms with Crippen LogP contribution in [-0.4, -0.2) is 40.0 Å². The fraction of sp³-hybridized carbons (Fsp3) is 0.429. The summed E-state index contributed by atoms with van der Waals surface area (Å²) in [5, 5.41) is 0. The summed E-state index contributed by atoms with van der Waals surface area (Å²) in [4.78, 5) is 0.177. The summed E-state index contributed by atoms with van der Waals surface area (Å²) >= 11 is 0. The molecule has 1 aromatic rings. The Hall–Kier alpha value is -1.57. The molecule has 0 aromatic heterocycles. The molecule has 1 aliphatic heterocycles. The number of sulfonamides is 1. The van der Waals surface area contributed by atoms with Crippen molar-refractivity contribution in [1.29, 1.82) is 0 Å². The number of nitrogens with two attached hydrogens (primary N) is 1. The number of nitrogens with zero attached hydrogens (tertiary/aromatic N) is 1. The Morgan fingerprint density at radius 3 is 2.52 bits per heavy atom. The first-order chi connectivity index (χ1) is 10.0. The van der Waals surface area contributed by atoms with E-state index in [1.54, 1.807) is 6.07 Å². The van der Waals surface area contributed by atoms with E-state index in [-0.39, 0.29) is 11.4 Å². The van der Waals surface area contributed by atoms with E-state index in [4.69, 9.17) is 15.2 Å². The van der Waals surface area contributed by atoms with Crippen LogP contribution in [-0.2, 0) is 16.6 Å². The van der Waals surface area contributed by atoms with Gasteiger partial charge in [0.25, 0.3) is 0 Å². The number of methoxy groups -OCH3 is 2. The van der Waals surface area contributed by atoms with E-state index in [0.717, 1.165) is 6.42 Å². The van der Waals surface area contributed by atoms with Gasteiger partial charge in [-0.1, -0.05) is 12.2 Å². The van der Waals surface area contributed by atoms with E-state index in [1.165, 1.54) is 24.6 Å². The van der Waals surface area contributed by atoms with Crippen LogP contribution < -0.4 is 15.2 Å². The van der Waals surface area contributed by atoms with Gasteiger partial charge in [-0.2, -0.15) is 4.31 Å². The van der Waals surface area contributed by atoms with Crippen molar-refractivity contribution in [1.82, 2.24) is 4.31 Å². The van der Waals surface area contributed by atoms with Crippen LogP contribution in [0.4, 0.5) is 0 Å². The summed E-state index contributed by atoms with van der Waals surface area (Å²) in [6.45, 7) is 1.03. The first-order valence-corrected chi connectivity index (χ1v) is 8.08. The maximum Gasteiger partial charge on any atom is 0.243 e. The van der Waals surface area contributed by atoms with E-state index in [0.29, 0.717) is 30.2 Å². The van der Waals surface area contributed by atoms with Gasteiger partial charge in [-0.3, -0.25) is 0 Å². The van der Waals surface area contributed by atoms with Gasteiger partial charge in [-0.25, -0.2) is 8.42 Å². The molecule has 0 radical (unpaired) electrons. The topological polar surface area (TPSA) is 81.9 Å². The summed E-state index contributed by atoms with van der Waals surface area (Å²) in [5.41, 5.74) is 6.29. The molecule has 0 fully saturated rings. The largest absolute Gasteiger partial charge is 0.493 e. The molecule has 2 N–H and O–H groups in total. The Morgan fingerprint density at radius 1 is 1.24 bits per heavy atom. The van der Waals surface area contributed by atoms with Crippen molar-refractivity contribution in [3.8, 4) is 11.5 Å². The van der Waals surface area contributed by atoms with Crippen LogP contribution in [0.15, 0.2) is 29.2 Å². The lowest BCUT2D eigenvalue weighted by Crippen LogP contribution is -2.33. The van der Waals surface area contributed by atoms with E-state index in [1.807, 2.05) is 12.2 Å². The lowest BCUT2D eigenvalue weighted by molar-refractivity contribution is 0.350. The lowest BCUT2D eigenvalue weighted by Gasteiger charge is -2.23. The molecule has 0 aliphatic carbocycles. The first-order valence-electron chi connectivity index (χ1n) is 6.64. The fourth-order valence-corrected chi connectivity index (χ4v) is 3.78. The quantitative estimate of drug-likeness (QED) is 0.824. The van der Waals surface area contributed by atoms with E-state index >= 15 is 0 Å². The second-order valence-electron chi connectivity index (χ2n) is 4.65. The number of ether oxygens (including phenoxy) is 2. The molecular formula is C14H20N2O4S. The van der Waals surface area contributed by atoms with Crippen LogP contribution >= 0.6 is 0 Å². The van der Waals surface area contributed by atoms with Crippen LogP contribution in [0.5, 0.6) is 11.5 Å². The Bertz CT molecular complexity index is 615. The molecule has 2 rings (SSSR count). The molecule has 0 saturated carbocycles. The highest BCUT2D eigenvalue weighted by Crippen LogP contribution is 2.35. The number of hydrogen-bond donors (Lipinski definition) is 1. The van der Waals surface area contributed by atoms with Gasteiger partial charge in [0.15, 0.2) is 11.5 Å². The number of hydrogen-bond acceptors (Lipinski definition) is 5. The van der Waals surface area contributed by atoms with Crippen molar-refractivity contribution in [3.05, 3.63) is 29.8 Å². The zero-order valence-electron chi connectivity index (χ0n) is 12.2. The molecule has 0 unspecified atom stereocenters. The minimum Gasteiger partial charge on any atom is -0.493 e. The molecule has 116 valence electrons. The minimum atomic E-state index is -3.56. The van der Waals surface area contributed by atoms with Crippen molar-refractivity contribution < 1.29 is 17.9 Å². The Morgan fingerprint density at radius 2 is 2.00 bits per heavy atom. The fourth-order valence-electron chi connectivity index (χ4n) is 2.30. The van der Waals surface area contributed by atoms with Crippen LogP contribution in [0.3, 0.4) is 0 Å². The molecule has 0 spiro atoms. The highest BCUT2D eigenvalue weighted by Gasteiger charge is 2.26. The van der Waals surface area contributed by atoms with Gasteiger partial charge in [0.1, 0.15) is 0 Å². The molecule has 7 heteroatoms. The summed E-state index contributed by atoms with van der Waals surface area (Å²) in [6, 6.07) is 3.03. The van der Waals surface area contributed by atoms with Gasteiger partial charge >= 0.3 is 0 Å². The third-order valence-corrected chi connectivity index (χ3v) is 5.25. The lowest BCUT2D eigenvalue weighted by atomic mass is 10.2. The van der Waals surface area contributed by atoms with Crippen LogP contribution in [0, 0.1) is 0 Å². The smallest absolute Gasteiger partial charge is 0.243 e. The summed E-state index contributed by atoms with van der Waals surface area (Å²) in [6.07, 6.45) is 4.55. The monoisotopic (exact) mass is 312 g/mol. The van der Waals surface area contributed by atoms with E-state index < -0.39 is 10.0 Å². The normalized spacial score (nSPS) is 16.0. The second-order valence-corrected chi connectivity index (χ2v) is 6.58. The van der Waals surface area contributed by atoms with Crippen LogP contribution in [0.25, 0.3) is 0 Å². The van der Waals surface area contributed by atoms with Crippen molar-refractivity contribution in [2.45, 2.75) is 17.9 Å². The first kappa shape index (κ1) is 15.8. The van der Waals surface area contributed by atoms with Crippen molar-refractivity contribution in [2.24, 2.45) is 5.73 Å². The third kappa shape index (κ3) is 3.04. The predicted octanol–water partition coefficient (Wildman–Crippen LogP) is 1.11. The van der Waals surface area contributed by atoms with Gasteiger partial charge in [-0.05, 0) is 12.5 Å². The third-order valence-electron chi connectivity index (χ3n) is 3.41. The molecule has 0 amide bonds. The zero-order chi connectivity index (χ0) is 15.5. The maximum atomic E-state index is 12.7. The standard InChI is InChI=1S/C14H20N2O4S/c1-19-13-9-12(8-11(10-15)14(13)20-2)21(17,18)16-6-4-3-5-7-16/h3-4,8-9H,5-7,10,15H2,1-2H3. The Labute approximate surface area is 125 Å². The zero-order valence-corrected chi connectivity index (χ0v) is 13.0. The highest BCUT2D eigenvalue weighted by atomic mass is 32.2. The second kappa shape index (κ2) is 6.46. The molecule has 1 heterocycles. The number of rotatable bonds is 5. The molecule has 6 nitrogen and oxygen atoms in total. The predicted molar refractivity (Wildman–Crippen MR) is 80.0 cm³/mol. The highest BCUT2D eigenvalue weighted by molar-refractivity contribution is 7.89. The minimum absolute atomic E-state index is 0.169. The summed E-state index contributed by atoms with van der Waals surface area (Å²) in [5.74, 6) is 0.837. The molecular weight excluding hydrogens is 292 g/mol.